The average molecular weight is 376 g/mol. The first-order valence-electron chi connectivity index (χ1n) is 8.45. The second-order valence-corrected chi connectivity index (χ2v) is 6.52. The summed E-state index contributed by atoms with van der Waals surface area (Å²) in [5.74, 6) is 1.14. The summed E-state index contributed by atoms with van der Waals surface area (Å²) in [6.07, 6.45) is 1.62. The molecule has 3 rings (SSSR count). The van der Waals surface area contributed by atoms with Gasteiger partial charge in [0.25, 0.3) is 5.91 Å². The summed E-state index contributed by atoms with van der Waals surface area (Å²) < 4.78 is 10.6. The highest BCUT2D eigenvalue weighted by molar-refractivity contribution is 6.30. The Kier molecular flexibility index (Phi) is 5.96. The number of carbonyl (C=O) groups is 1. The topological polar surface area (TPSA) is 54.9 Å². The molecular weight excluding hydrogens is 354 g/mol. The number of ether oxygens (including phenoxy) is 2. The fourth-order valence-electron chi connectivity index (χ4n) is 3.11. The van der Waals surface area contributed by atoms with Crippen LogP contribution in [0.5, 0.6) is 11.6 Å². The monoisotopic (exact) mass is 375 g/mol. The number of halogens is 1. The number of hydrogen-bond donors (Lipinski definition) is 0. The summed E-state index contributed by atoms with van der Waals surface area (Å²) in [4.78, 5) is 21.0. The molecule has 0 atom stereocenters. The Morgan fingerprint density at radius 2 is 1.92 bits per heavy atom. The molecule has 0 saturated carbocycles. The van der Waals surface area contributed by atoms with E-state index in [1.807, 2.05) is 23.1 Å². The van der Waals surface area contributed by atoms with Crippen LogP contribution in [-0.4, -0.2) is 61.1 Å². The van der Waals surface area contributed by atoms with E-state index in [4.69, 9.17) is 21.1 Å². The lowest BCUT2D eigenvalue weighted by molar-refractivity contribution is 0.0623. The van der Waals surface area contributed by atoms with Crippen LogP contribution in [0, 0.1) is 0 Å². The van der Waals surface area contributed by atoms with E-state index in [0.29, 0.717) is 29.6 Å². The van der Waals surface area contributed by atoms with Crippen LogP contribution in [-0.2, 0) is 6.54 Å². The van der Waals surface area contributed by atoms with Crippen LogP contribution < -0.4 is 9.47 Å². The van der Waals surface area contributed by atoms with Crippen molar-refractivity contribution in [2.75, 3.05) is 40.4 Å². The SMILES string of the molecule is COc1ccc(Cl)cc1CN1CCN(C(=O)c2cccnc2OC)CC1. The lowest BCUT2D eigenvalue weighted by Gasteiger charge is -2.35. The molecule has 0 N–H and O–H groups in total. The third-order valence-corrected chi connectivity index (χ3v) is 4.73. The minimum absolute atomic E-state index is 0.0464. The lowest BCUT2D eigenvalue weighted by Crippen LogP contribution is -2.48. The molecule has 0 radical (unpaired) electrons. The molecule has 1 fully saturated rings. The van der Waals surface area contributed by atoms with E-state index < -0.39 is 0 Å². The number of piperazine rings is 1. The van der Waals surface area contributed by atoms with E-state index in [-0.39, 0.29) is 5.91 Å². The fourth-order valence-corrected chi connectivity index (χ4v) is 3.30. The van der Waals surface area contributed by atoms with Crippen molar-refractivity contribution in [3.05, 3.63) is 52.7 Å². The molecule has 1 aliphatic heterocycles. The molecule has 1 aromatic carbocycles. The molecule has 0 aliphatic carbocycles. The first-order valence-corrected chi connectivity index (χ1v) is 8.83. The highest BCUT2D eigenvalue weighted by Gasteiger charge is 2.25. The Labute approximate surface area is 158 Å². The quantitative estimate of drug-likeness (QED) is 0.804. The van der Waals surface area contributed by atoms with Crippen LogP contribution in [0.15, 0.2) is 36.5 Å². The number of nitrogens with zero attached hydrogens (tertiary/aromatic N) is 3. The van der Waals surface area contributed by atoms with Gasteiger partial charge in [0.2, 0.25) is 5.88 Å². The number of amides is 1. The summed E-state index contributed by atoms with van der Waals surface area (Å²) in [6.45, 7) is 3.61. The molecule has 1 aromatic heterocycles. The molecule has 1 aliphatic rings. The highest BCUT2D eigenvalue weighted by atomic mass is 35.5. The first-order chi connectivity index (χ1) is 12.6. The van der Waals surface area contributed by atoms with Gasteiger partial charge in [-0.05, 0) is 30.3 Å². The van der Waals surface area contributed by atoms with Crippen molar-refractivity contribution < 1.29 is 14.3 Å². The van der Waals surface area contributed by atoms with Crippen LogP contribution in [0.3, 0.4) is 0 Å². The molecule has 1 saturated heterocycles. The molecule has 2 heterocycles. The number of aromatic nitrogens is 1. The van der Waals surface area contributed by atoms with Gasteiger partial charge >= 0.3 is 0 Å². The lowest BCUT2D eigenvalue weighted by atomic mass is 10.1. The van der Waals surface area contributed by atoms with Crippen LogP contribution >= 0.6 is 11.6 Å². The van der Waals surface area contributed by atoms with Crippen LogP contribution in [0.1, 0.15) is 15.9 Å². The summed E-state index contributed by atoms with van der Waals surface area (Å²) in [7, 11) is 3.18. The predicted molar refractivity (Wildman–Crippen MR) is 100.0 cm³/mol. The van der Waals surface area contributed by atoms with Crippen molar-refractivity contribution >= 4 is 17.5 Å². The standard InChI is InChI=1S/C19H22ClN3O3/c1-25-17-6-5-15(20)12-14(17)13-22-8-10-23(11-9-22)19(24)16-4-3-7-21-18(16)26-2/h3-7,12H,8-11,13H2,1-2H3. The maximum atomic E-state index is 12.7. The minimum Gasteiger partial charge on any atom is -0.496 e. The number of hydrogen-bond acceptors (Lipinski definition) is 5. The molecule has 0 spiro atoms. The number of pyridine rings is 1. The van der Waals surface area contributed by atoms with Gasteiger partial charge < -0.3 is 14.4 Å². The maximum Gasteiger partial charge on any atom is 0.259 e. The molecule has 7 heteroatoms. The van der Waals surface area contributed by atoms with Gasteiger partial charge in [0, 0.05) is 49.5 Å². The Morgan fingerprint density at radius 1 is 1.15 bits per heavy atom. The van der Waals surface area contributed by atoms with Crippen molar-refractivity contribution in [1.82, 2.24) is 14.8 Å². The zero-order chi connectivity index (χ0) is 18.5. The summed E-state index contributed by atoms with van der Waals surface area (Å²) in [5.41, 5.74) is 1.55. The van der Waals surface area contributed by atoms with Crippen molar-refractivity contribution in [1.29, 1.82) is 0 Å². The molecule has 0 bridgehead atoms. The second kappa shape index (κ2) is 8.38. The van der Waals surface area contributed by atoms with Gasteiger partial charge in [-0.3, -0.25) is 9.69 Å². The number of methoxy groups -OCH3 is 2. The Bertz CT molecular complexity index is 776. The van der Waals surface area contributed by atoms with Crippen molar-refractivity contribution in [3.8, 4) is 11.6 Å². The Hall–Kier alpha value is -2.31. The maximum absolute atomic E-state index is 12.7. The van der Waals surface area contributed by atoms with E-state index in [1.54, 1.807) is 25.4 Å². The molecule has 138 valence electrons. The van der Waals surface area contributed by atoms with Crippen molar-refractivity contribution in [3.63, 3.8) is 0 Å². The van der Waals surface area contributed by atoms with Gasteiger partial charge in [-0.15, -0.1) is 0 Å². The molecular formula is C19H22ClN3O3. The van der Waals surface area contributed by atoms with Crippen molar-refractivity contribution in [2.24, 2.45) is 0 Å². The molecule has 2 aromatic rings. The highest BCUT2D eigenvalue weighted by Crippen LogP contribution is 2.25. The zero-order valence-corrected chi connectivity index (χ0v) is 15.7. The normalized spacial score (nSPS) is 15.0. The van der Waals surface area contributed by atoms with E-state index in [0.717, 1.165) is 30.9 Å². The van der Waals surface area contributed by atoms with E-state index in [2.05, 4.69) is 9.88 Å². The van der Waals surface area contributed by atoms with E-state index >= 15 is 0 Å². The molecule has 6 nitrogen and oxygen atoms in total. The van der Waals surface area contributed by atoms with Gasteiger partial charge in [0.05, 0.1) is 14.2 Å². The largest absolute Gasteiger partial charge is 0.496 e. The third-order valence-electron chi connectivity index (χ3n) is 4.49. The van der Waals surface area contributed by atoms with Gasteiger partial charge in [-0.1, -0.05) is 11.6 Å². The number of rotatable bonds is 5. The number of benzene rings is 1. The minimum atomic E-state index is -0.0464. The number of carbonyl (C=O) groups excluding carboxylic acids is 1. The second-order valence-electron chi connectivity index (χ2n) is 6.08. The average Bonchev–Trinajstić information content (AvgIpc) is 2.68. The Balaban J connectivity index is 1.63. The van der Waals surface area contributed by atoms with Gasteiger partial charge in [-0.25, -0.2) is 4.98 Å². The third kappa shape index (κ3) is 4.08. The van der Waals surface area contributed by atoms with Gasteiger partial charge in [-0.2, -0.15) is 0 Å². The smallest absolute Gasteiger partial charge is 0.259 e. The van der Waals surface area contributed by atoms with Crippen LogP contribution in [0.25, 0.3) is 0 Å². The van der Waals surface area contributed by atoms with Crippen LogP contribution in [0.2, 0.25) is 5.02 Å². The Morgan fingerprint density at radius 3 is 2.62 bits per heavy atom. The summed E-state index contributed by atoms with van der Waals surface area (Å²) in [6, 6.07) is 9.13. The first kappa shape index (κ1) is 18.5. The zero-order valence-electron chi connectivity index (χ0n) is 14.9. The van der Waals surface area contributed by atoms with Gasteiger partial charge in [0.15, 0.2) is 0 Å². The fraction of sp³-hybridized carbons (Fsp3) is 0.368. The van der Waals surface area contributed by atoms with Gasteiger partial charge in [0.1, 0.15) is 11.3 Å². The van der Waals surface area contributed by atoms with Crippen molar-refractivity contribution in [2.45, 2.75) is 6.54 Å². The molecule has 1 amide bonds. The molecule has 0 unspecified atom stereocenters. The van der Waals surface area contributed by atoms with E-state index in [9.17, 15) is 4.79 Å². The summed E-state index contributed by atoms with van der Waals surface area (Å²) >= 11 is 6.11. The van der Waals surface area contributed by atoms with Crippen LogP contribution in [0.4, 0.5) is 0 Å². The summed E-state index contributed by atoms with van der Waals surface area (Å²) in [5, 5.41) is 0.693. The van der Waals surface area contributed by atoms with E-state index in [1.165, 1.54) is 7.11 Å². The molecule has 26 heavy (non-hydrogen) atoms. The predicted octanol–water partition coefficient (Wildman–Crippen LogP) is 2.71.